The van der Waals surface area contributed by atoms with E-state index in [1.807, 2.05) is 84.9 Å². The van der Waals surface area contributed by atoms with Gasteiger partial charge in [0.1, 0.15) is 11.7 Å². The van der Waals surface area contributed by atoms with Gasteiger partial charge in [-0.2, -0.15) is 0 Å². The quantitative estimate of drug-likeness (QED) is 0.0843. The molecule has 0 atom stereocenters. The molecule has 5 aromatic carbocycles. The highest BCUT2D eigenvalue weighted by Crippen LogP contribution is 2.15. The number of rotatable bonds is 12. The Labute approximate surface area is 294 Å². The van der Waals surface area contributed by atoms with Crippen LogP contribution in [-0.2, 0) is 12.8 Å². The molecule has 0 unspecified atom stereocenters. The number of carbonyl (C=O) groups is 2. The van der Waals surface area contributed by atoms with Crippen molar-refractivity contribution < 1.29 is 9.59 Å². The fourth-order valence-electron chi connectivity index (χ4n) is 5.16. The molecular weight excluding hydrogens is 632 g/mol. The molecule has 49 heavy (non-hydrogen) atoms. The molecule has 0 aliphatic heterocycles. The van der Waals surface area contributed by atoms with E-state index in [-0.39, 0.29) is 24.2 Å². The van der Waals surface area contributed by atoms with Gasteiger partial charge in [-0.3, -0.25) is 19.6 Å². The Morgan fingerprint density at radius 3 is 1.12 bits per heavy atom. The summed E-state index contributed by atoms with van der Waals surface area (Å²) in [7, 11) is 3.51. The molecule has 250 valence electrons. The normalized spacial score (nSPS) is 11.2. The molecule has 5 rings (SSSR count). The van der Waals surface area contributed by atoms with E-state index in [1.54, 1.807) is 38.4 Å². The summed E-state index contributed by atoms with van der Waals surface area (Å²) in [5, 5.41) is 12.6. The molecule has 9 heteroatoms. The second-order valence-corrected chi connectivity index (χ2v) is 11.1. The van der Waals surface area contributed by atoms with Crippen LogP contribution in [0, 0.1) is 0 Å². The monoisotopic (exact) mass is 672 g/mol. The first-order valence-electron chi connectivity index (χ1n) is 15.9. The molecule has 0 saturated heterocycles. The number of carbonyl (C=O) groups excluding carboxylic acids is 2. The second kappa shape index (κ2) is 18.6. The third-order valence-corrected chi connectivity index (χ3v) is 7.79. The predicted molar refractivity (Wildman–Crippen MR) is 204 cm³/mol. The molecule has 0 fully saturated rings. The summed E-state index contributed by atoms with van der Waals surface area (Å²) in [6.45, 7) is 1.52. The number of amides is 2. The van der Waals surface area contributed by atoms with Crippen LogP contribution in [0.15, 0.2) is 143 Å². The molecule has 8 nitrogen and oxygen atoms in total. The number of anilines is 2. The lowest BCUT2D eigenvalue weighted by Gasteiger charge is -2.12. The van der Waals surface area contributed by atoms with Crippen molar-refractivity contribution >= 4 is 47.3 Å². The summed E-state index contributed by atoms with van der Waals surface area (Å²) in [6, 6.07) is 42.3. The van der Waals surface area contributed by atoms with Crippen LogP contribution in [-0.4, -0.2) is 50.7 Å². The van der Waals surface area contributed by atoms with E-state index >= 15 is 0 Å². The summed E-state index contributed by atoms with van der Waals surface area (Å²) < 4.78 is 0. The van der Waals surface area contributed by atoms with E-state index < -0.39 is 0 Å². The first-order valence-corrected chi connectivity index (χ1v) is 15.9. The van der Waals surface area contributed by atoms with Crippen molar-refractivity contribution in [3.05, 3.63) is 167 Å². The minimum Gasteiger partial charge on any atom is -0.370 e. The second-order valence-electron chi connectivity index (χ2n) is 11.1. The molecule has 4 N–H and O–H groups in total. The van der Waals surface area contributed by atoms with Crippen LogP contribution in [0.5, 0.6) is 0 Å². The summed E-state index contributed by atoms with van der Waals surface area (Å²) >= 11 is 0. The maximum absolute atomic E-state index is 12.9. The Bertz CT molecular complexity index is 1700. The molecule has 5 aromatic rings. The highest BCUT2D eigenvalue weighted by molar-refractivity contribution is 6.07. The van der Waals surface area contributed by atoms with Gasteiger partial charge in [0.15, 0.2) is 0 Å². The van der Waals surface area contributed by atoms with Gasteiger partial charge in [0, 0.05) is 60.8 Å². The Morgan fingerprint density at radius 1 is 0.469 bits per heavy atom. The van der Waals surface area contributed by atoms with E-state index in [2.05, 4.69) is 55.5 Å². The number of aliphatic imine (C=N–C) groups is 2. The summed E-state index contributed by atoms with van der Waals surface area (Å²) in [6.07, 6.45) is 1.79. The van der Waals surface area contributed by atoms with E-state index in [0.717, 1.165) is 48.7 Å². The Morgan fingerprint density at radius 2 is 0.796 bits per heavy atom. The van der Waals surface area contributed by atoms with Crippen molar-refractivity contribution in [2.45, 2.75) is 12.8 Å². The van der Waals surface area contributed by atoms with Gasteiger partial charge < -0.3 is 21.3 Å². The fraction of sp³-hybridized carbons (Fsp3) is 0.150. The van der Waals surface area contributed by atoms with Gasteiger partial charge in [0.2, 0.25) is 0 Å². The number of nitrogens with one attached hydrogen (secondary N) is 4. The maximum Gasteiger partial charge on any atom is 0.255 e. The average molecular weight is 673 g/mol. The summed E-state index contributed by atoms with van der Waals surface area (Å²) in [5.41, 5.74) is 6.61. The molecule has 0 heterocycles. The van der Waals surface area contributed by atoms with Crippen LogP contribution >= 0.6 is 12.4 Å². The third-order valence-electron chi connectivity index (χ3n) is 7.79. The van der Waals surface area contributed by atoms with Crippen molar-refractivity contribution in [3.8, 4) is 0 Å². The van der Waals surface area contributed by atoms with Gasteiger partial charge in [-0.1, -0.05) is 60.7 Å². The first-order chi connectivity index (χ1) is 23.5. The first kappa shape index (κ1) is 36.1. The molecule has 0 spiro atoms. The van der Waals surface area contributed by atoms with Gasteiger partial charge in [-0.25, -0.2) is 0 Å². The predicted octanol–water partition coefficient (Wildman–Crippen LogP) is 7.03. The lowest BCUT2D eigenvalue weighted by molar-refractivity contribution is 0.101. The zero-order valence-electron chi connectivity index (χ0n) is 27.6. The van der Waals surface area contributed by atoms with Gasteiger partial charge in [-0.05, 0) is 96.8 Å². The molecule has 0 bridgehead atoms. The van der Waals surface area contributed by atoms with E-state index in [9.17, 15) is 9.59 Å². The molecular formula is C40H41ClN6O2. The van der Waals surface area contributed by atoms with E-state index in [0.29, 0.717) is 22.5 Å². The van der Waals surface area contributed by atoms with Crippen LogP contribution in [0.1, 0.15) is 43.0 Å². The Balaban J connectivity index is 0.00000541. The van der Waals surface area contributed by atoms with Gasteiger partial charge >= 0.3 is 0 Å². The maximum atomic E-state index is 12.9. The smallest absolute Gasteiger partial charge is 0.255 e. The van der Waals surface area contributed by atoms with Gasteiger partial charge in [-0.15, -0.1) is 12.4 Å². The molecule has 0 saturated carbocycles. The topological polar surface area (TPSA) is 107 Å². The van der Waals surface area contributed by atoms with Crippen molar-refractivity contribution in [1.29, 1.82) is 0 Å². The summed E-state index contributed by atoms with van der Waals surface area (Å²) in [5.74, 6) is 1.06. The highest BCUT2D eigenvalue weighted by atomic mass is 35.5. The number of benzene rings is 5. The molecule has 0 aromatic heterocycles. The number of nitrogens with zero attached hydrogens (tertiary/aromatic N) is 2. The van der Waals surface area contributed by atoms with Crippen molar-refractivity contribution in [2.75, 3.05) is 37.8 Å². The van der Waals surface area contributed by atoms with Crippen LogP contribution in [0.4, 0.5) is 11.4 Å². The average Bonchev–Trinajstić information content (AvgIpc) is 3.14. The SMILES string of the molecule is CN=C(NCCc1ccccc1)c1ccc(NC(=O)c2ccc(C(=O)Nc3ccc(C(=NC)NCCc4ccccc4)cc3)cc2)cc1.Cl. The molecule has 0 aliphatic carbocycles. The zero-order chi connectivity index (χ0) is 33.6. The van der Waals surface area contributed by atoms with E-state index in [1.165, 1.54) is 11.1 Å². The fourth-order valence-corrected chi connectivity index (χ4v) is 5.16. The number of amidine groups is 2. The Kier molecular flexibility index (Phi) is 13.7. The van der Waals surface area contributed by atoms with E-state index in [4.69, 9.17) is 0 Å². The van der Waals surface area contributed by atoms with Gasteiger partial charge in [0.25, 0.3) is 11.8 Å². The lowest BCUT2D eigenvalue weighted by Crippen LogP contribution is -2.26. The van der Waals surface area contributed by atoms with Crippen molar-refractivity contribution in [1.82, 2.24) is 10.6 Å². The number of hydrogen-bond donors (Lipinski definition) is 4. The standard InChI is InChI=1S/C40H40N6O2.ClH/c1-41-37(43-27-25-29-9-5-3-6-10-29)31-17-21-35(22-18-31)45-39(47)33-13-15-34(16-14-33)40(48)46-36-23-19-32(20-24-36)38(42-2)44-28-26-30-11-7-4-8-12-30;/h3-24H,25-28H2,1-2H3,(H,41,43)(H,42,44)(H,45,47)(H,46,48);1H. The highest BCUT2D eigenvalue weighted by Gasteiger charge is 2.11. The van der Waals surface area contributed by atoms with Crippen LogP contribution in [0.25, 0.3) is 0 Å². The van der Waals surface area contributed by atoms with Crippen LogP contribution in [0.2, 0.25) is 0 Å². The third kappa shape index (κ3) is 10.6. The van der Waals surface area contributed by atoms with Crippen LogP contribution in [0.3, 0.4) is 0 Å². The largest absolute Gasteiger partial charge is 0.370 e. The van der Waals surface area contributed by atoms with Crippen LogP contribution < -0.4 is 21.3 Å². The van der Waals surface area contributed by atoms with Crippen molar-refractivity contribution in [3.63, 3.8) is 0 Å². The minimum absolute atomic E-state index is 0. The Hall–Kier alpha value is -5.73. The minimum atomic E-state index is -0.263. The zero-order valence-corrected chi connectivity index (χ0v) is 28.5. The number of hydrogen-bond acceptors (Lipinski definition) is 4. The number of halogens is 1. The molecule has 0 aliphatic rings. The summed E-state index contributed by atoms with van der Waals surface area (Å²) in [4.78, 5) is 34.6. The molecule has 2 amide bonds. The molecule has 0 radical (unpaired) electrons. The van der Waals surface area contributed by atoms with Crippen molar-refractivity contribution in [2.24, 2.45) is 9.98 Å². The lowest BCUT2D eigenvalue weighted by atomic mass is 10.1. The van der Waals surface area contributed by atoms with Gasteiger partial charge in [0.05, 0.1) is 0 Å².